The Bertz CT molecular complexity index is 1400. The number of thioether (sulfide) groups is 1. The third kappa shape index (κ3) is 5.97. The molecule has 0 saturated carbocycles. The number of amides is 2. The van der Waals surface area contributed by atoms with Gasteiger partial charge >= 0.3 is 5.97 Å². The molecule has 40 heavy (non-hydrogen) atoms. The molecule has 3 aromatic rings. The smallest absolute Gasteiger partial charge is 0.322 e. The molecule has 208 valence electrons. The molecule has 2 aliphatic heterocycles. The monoisotopic (exact) mass is 568 g/mol. The summed E-state index contributed by atoms with van der Waals surface area (Å²) in [5.41, 5.74) is 1.96. The number of fused-ring (bicyclic) bond motifs is 1. The summed E-state index contributed by atoms with van der Waals surface area (Å²) < 4.78 is 29.7. The predicted molar refractivity (Wildman–Crippen MR) is 143 cm³/mol. The molecule has 0 aromatic heterocycles. The van der Waals surface area contributed by atoms with Crippen LogP contribution in [0.4, 0.5) is 10.1 Å². The van der Waals surface area contributed by atoms with Crippen molar-refractivity contribution in [2.24, 2.45) is 0 Å². The molecular formula is C28H25FN2O8S. The van der Waals surface area contributed by atoms with Crippen LogP contribution in [0.5, 0.6) is 17.2 Å². The fourth-order valence-corrected chi connectivity index (χ4v) is 5.68. The lowest BCUT2D eigenvalue weighted by Gasteiger charge is -2.47. The Labute approximate surface area is 232 Å². The van der Waals surface area contributed by atoms with Crippen LogP contribution in [0.3, 0.4) is 0 Å². The van der Waals surface area contributed by atoms with E-state index in [-0.39, 0.29) is 25.1 Å². The van der Waals surface area contributed by atoms with Crippen LogP contribution in [0.15, 0.2) is 66.7 Å². The van der Waals surface area contributed by atoms with Gasteiger partial charge in [0, 0.05) is 11.4 Å². The minimum atomic E-state index is -1.16. The third-order valence-electron chi connectivity index (χ3n) is 6.39. The molecule has 0 spiro atoms. The normalized spacial score (nSPS) is 18.1. The van der Waals surface area contributed by atoms with Crippen molar-refractivity contribution in [3.05, 3.63) is 83.7 Å². The fraction of sp³-hybridized carbons (Fsp3) is 0.250. The number of carboxylic acid groups (broad SMARTS) is 1. The summed E-state index contributed by atoms with van der Waals surface area (Å²) in [6.07, 6.45) is -0.851. The Hall–Kier alpha value is -4.29. The van der Waals surface area contributed by atoms with Gasteiger partial charge in [0.15, 0.2) is 18.1 Å². The largest absolute Gasteiger partial charge is 0.484 e. The summed E-state index contributed by atoms with van der Waals surface area (Å²) in [7, 11) is 0. The number of ether oxygens (including phenoxy) is 3. The van der Waals surface area contributed by atoms with E-state index in [4.69, 9.17) is 19.3 Å². The van der Waals surface area contributed by atoms with Crippen molar-refractivity contribution >= 4 is 35.2 Å². The van der Waals surface area contributed by atoms with Crippen LogP contribution >= 0.6 is 11.8 Å². The molecule has 2 aliphatic rings. The van der Waals surface area contributed by atoms with Crippen molar-refractivity contribution in [3.8, 4) is 17.2 Å². The maximum absolute atomic E-state index is 13.6. The van der Waals surface area contributed by atoms with Crippen molar-refractivity contribution in [3.63, 3.8) is 0 Å². The van der Waals surface area contributed by atoms with E-state index in [1.54, 1.807) is 47.4 Å². The van der Waals surface area contributed by atoms with E-state index in [2.05, 4.69) is 5.32 Å². The zero-order valence-corrected chi connectivity index (χ0v) is 21.8. The standard InChI is InChI=1S/C28H25FN2O8S/c29-18-4-6-19(7-5-18)31-26(16-1-8-20(9-2-16)37-13-24(33)30-12-25(34)35)27(28(31)36)40-14-21(32)17-3-10-22-23(11-17)39-15-38-22/h1-11,21,26-27,32H,12-15H2,(H,30,33)(H,34,35). The summed E-state index contributed by atoms with van der Waals surface area (Å²) in [5.74, 6) is -0.517. The molecule has 2 amide bonds. The third-order valence-corrected chi connectivity index (χ3v) is 7.72. The van der Waals surface area contributed by atoms with Crippen LogP contribution in [0, 0.1) is 5.82 Å². The number of benzene rings is 3. The first-order chi connectivity index (χ1) is 19.3. The van der Waals surface area contributed by atoms with E-state index >= 15 is 0 Å². The highest BCUT2D eigenvalue weighted by atomic mass is 32.2. The number of carboxylic acids is 1. The summed E-state index contributed by atoms with van der Waals surface area (Å²) in [5, 5.41) is 21.2. The molecule has 1 saturated heterocycles. The highest BCUT2D eigenvalue weighted by Gasteiger charge is 2.49. The van der Waals surface area contributed by atoms with Gasteiger partial charge in [-0.15, -0.1) is 11.8 Å². The molecule has 0 aliphatic carbocycles. The Balaban J connectivity index is 1.28. The van der Waals surface area contributed by atoms with Gasteiger partial charge in [-0.1, -0.05) is 18.2 Å². The number of carbonyl (C=O) groups is 3. The lowest BCUT2D eigenvalue weighted by molar-refractivity contribution is -0.138. The van der Waals surface area contributed by atoms with Crippen molar-refractivity contribution in [1.82, 2.24) is 5.32 Å². The average molecular weight is 569 g/mol. The Morgan fingerprint density at radius 2 is 1.80 bits per heavy atom. The van der Waals surface area contributed by atoms with Crippen molar-refractivity contribution in [1.29, 1.82) is 0 Å². The molecule has 3 atom stereocenters. The molecule has 3 unspecified atom stereocenters. The first kappa shape index (κ1) is 27.3. The van der Waals surface area contributed by atoms with Gasteiger partial charge in [-0.25, -0.2) is 4.39 Å². The van der Waals surface area contributed by atoms with Gasteiger partial charge < -0.3 is 34.6 Å². The van der Waals surface area contributed by atoms with Crippen molar-refractivity contribution in [2.45, 2.75) is 17.4 Å². The van der Waals surface area contributed by atoms with Crippen molar-refractivity contribution in [2.75, 3.05) is 30.6 Å². The quantitative estimate of drug-likeness (QED) is 0.298. The molecule has 0 bridgehead atoms. The number of nitrogens with zero attached hydrogens (tertiary/aromatic N) is 1. The molecule has 5 rings (SSSR count). The van der Waals surface area contributed by atoms with E-state index in [9.17, 15) is 23.9 Å². The summed E-state index contributed by atoms with van der Waals surface area (Å²) in [6.45, 7) is -0.728. The first-order valence-corrected chi connectivity index (χ1v) is 13.3. The van der Waals surface area contributed by atoms with Gasteiger partial charge in [0.2, 0.25) is 12.7 Å². The Kier molecular flexibility index (Phi) is 8.08. The summed E-state index contributed by atoms with van der Waals surface area (Å²) in [4.78, 5) is 37.2. The molecular weight excluding hydrogens is 543 g/mol. The topological polar surface area (TPSA) is 135 Å². The van der Waals surface area contributed by atoms with E-state index < -0.39 is 41.6 Å². The van der Waals surface area contributed by atoms with Crippen molar-refractivity contribution < 1.29 is 43.2 Å². The maximum Gasteiger partial charge on any atom is 0.322 e. The molecule has 1 fully saturated rings. The van der Waals surface area contributed by atoms with Crippen LogP contribution in [-0.4, -0.2) is 58.9 Å². The molecule has 12 heteroatoms. The summed E-state index contributed by atoms with van der Waals surface area (Å²) >= 11 is 1.32. The van der Waals surface area contributed by atoms with Crippen LogP contribution in [0.1, 0.15) is 23.3 Å². The SMILES string of the molecule is O=C(O)CNC(=O)COc1ccc(C2C(SCC(O)c3ccc4c(c3)OCO4)C(=O)N2c2ccc(F)cc2)cc1. The van der Waals surface area contributed by atoms with Crippen LogP contribution in [0.2, 0.25) is 0 Å². The van der Waals surface area contributed by atoms with Gasteiger partial charge in [0.05, 0.1) is 12.1 Å². The second-order valence-electron chi connectivity index (χ2n) is 9.04. The van der Waals surface area contributed by atoms with E-state index in [0.29, 0.717) is 28.5 Å². The number of aliphatic hydroxyl groups excluding tert-OH is 1. The summed E-state index contributed by atoms with van der Waals surface area (Å²) in [6, 6.07) is 17.3. The molecule has 2 heterocycles. The minimum Gasteiger partial charge on any atom is -0.484 e. The van der Waals surface area contributed by atoms with E-state index in [1.807, 2.05) is 0 Å². The number of hydrogen-bond donors (Lipinski definition) is 3. The number of anilines is 1. The Morgan fingerprint density at radius 1 is 1.07 bits per heavy atom. The molecule has 0 radical (unpaired) electrons. The Morgan fingerprint density at radius 3 is 2.52 bits per heavy atom. The second-order valence-corrected chi connectivity index (χ2v) is 10.2. The highest BCUT2D eigenvalue weighted by Crippen LogP contribution is 2.46. The maximum atomic E-state index is 13.6. The number of rotatable bonds is 11. The number of carbonyl (C=O) groups excluding carboxylic acids is 2. The van der Waals surface area contributed by atoms with Gasteiger partial charge in [0.25, 0.3) is 5.91 Å². The predicted octanol–water partition coefficient (Wildman–Crippen LogP) is 3.06. The van der Waals surface area contributed by atoms with E-state index in [1.165, 1.54) is 36.0 Å². The van der Waals surface area contributed by atoms with Gasteiger partial charge in [-0.05, 0) is 59.7 Å². The molecule has 3 aromatic carbocycles. The number of aliphatic carboxylic acids is 1. The van der Waals surface area contributed by atoms with Gasteiger partial charge in [-0.3, -0.25) is 14.4 Å². The van der Waals surface area contributed by atoms with Gasteiger partial charge in [0.1, 0.15) is 23.4 Å². The highest BCUT2D eigenvalue weighted by molar-refractivity contribution is 8.00. The van der Waals surface area contributed by atoms with Crippen LogP contribution in [0.25, 0.3) is 0 Å². The average Bonchev–Trinajstić information content (AvgIpc) is 3.43. The fourth-order valence-electron chi connectivity index (χ4n) is 4.39. The lowest BCUT2D eigenvalue weighted by Crippen LogP contribution is -2.57. The minimum absolute atomic E-state index is 0.128. The van der Waals surface area contributed by atoms with Gasteiger partial charge in [-0.2, -0.15) is 0 Å². The number of hydrogen-bond acceptors (Lipinski definition) is 8. The number of halogens is 1. The number of aliphatic hydroxyl groups is 1. The zero-order valence-electron chi connectivity index (χ0n) is 21.0. The molecule has 10 nitrogen and oxygen atoms in total. The molecule has 3 N–H and O–H groups in total. The zero-order chi connectivity index (χ0) is 28.2. The first-order valence-electron chi connectivity index (χ1n) is 12.3. The lowest BCUT2D eigenvalue weighted by atomic mass is 9.92. The number of β-lactam (4-membered cyclic amide) rings is 1. The van der Waals surface area contributed by atoms with Crippen LogP contribution in [-0.2, 0) is 14.4 Å². The van der Waals surface area contributed by atoms with Crippen LogP contribution < -0.4 is 24.4 Å². The second kappa shape index (κ2) is 11.8. The van der Waals surface area contributed by atoms with E-state index in [0.717, 1.165) is 5.56 Å². The number of nitrogens with one attached hydrogen (secondary N) is 1.